The lowest BCUT2D eigenvalue weighted by atomic mass is 10.0. The Morgan fingerprint density at radius 3 is 1.27 bits per heavy atom. The largest absolute Gasteiger partial charge is 0.490 e. The second-order valence-corrected chi connectivity index (χ2v) is 17.5. The van der Waals surface area contributed by atoms with Crippen molar-refractivity contribution in [3.8, 4) is 11.5 Å². The summed E-state index contributed by atoms with van der Waals surface area (Å²) in [6.45, 7) is 8.19. The number of ether oxygens (including phenoxy) is 2. The van der Waals surface area contributed by atoms with Crippen molar-refractivity contribution in [3.63, 3.8) is 0 Å². The first-order valence-corrected chi connectivity index (χ1v) is 25.0. The van der Waals surface area contributed by atoms with Gasteiger partial charge in [-0.1, -0.05) is 213 Å². The molecular weight excluding hydrogens is 705 g/mol. The monoisotopic (exact) mass is 791 g/mol. The maximum atomic E-state index is 13.0. The third kappa shape index (κ3) is 27.4. The summed E-state index contributed by atoms with van der Waals surface area (Å²) in [5.41, 5.74) is 1.68. The number of carbonyl (C=O) groups excluding carboxylic acids is 1. The highest BCUT2D eigenvalue weighted by atomic mass is 32.2. The van der Waals surface area contributed by atoms with E-state index < -0.39 is 0 Å². The van der Waals surface area contributed by atoms with Crippen LogP contribution in [0.3, 0.4) is 0 Å². The standard InChI is InChI=1S/C52H86O3S/c1-4-7-9-11-13-15-17-19-21-23-25-27-29-31-33-43-54-51-42-36-47(35-41-50(53)48-37-39-49(40-38-48)56-45-6-3)46-52(51)55-44-34-32-30-28-26-24-22-20-18-16-14-12-10-8-5-2/h35-42,46H,4-34,43-45H2,1-3H3/b41-35+. The van der Waals surface area contributed by atoms with Crippen molar-refractivity contribution in [2.24, 2.45) is 0 Å². The van der Waals surface area contributed by atoms with Gasteiger partial charge in [0.1, 0.15) is 0 Å². The first-order chi connectivity index (χ1) is 27.7. The number of hydrogen-bond acceptors (Lipinski definition) is 4. The summed E-state index contributed by atoms with van der Waals surface area (Å²) < 4.78 is 12.7. The van der Waals surface area contributed by atoms with Gasteiger partial charge in [-0.2, -0.15) is 0 Å². The van der Waals surface area contributed by atoms with Crippen molar-refractivity contribution >= 4 is 23.6 Å². The summed E-state index contributed by atoms with van der Waals surface area (Å²) in [6.07, 6.45) is 45.5. The molecule has 0 aromatic heterocycles. The minimum Gasteiger partial charge on any atom is -0.490 e. The normalized spacial score (nSPS) is 11.5. The maximum absolute atomic E-state index is 13.0. The van der Waals surface area contributed by atoms with Crippen molar-refractivity contribution in [2.75, 3.05) is 19.0 Å². The van der Waals surface area contributed by atoms with Gasteiger partial charge in [-0.15, -0.1) is 11.8 Å². The van der Waals surface area contributed by atoms with Gasteiger partial charge in [0.2, 0.25) is 0 Å². The SMILES string of the molecule is CCCCCCCCCCCCCCCCCOc1ccc(/C=C/C(=O)c2ccc(SCCC)cc2)cc1OCCCCCCCCCCCCCCCCC. The highest BCUT2D eigenvalue weighted by Gasteiger charge is 2.08. The van der Waals surface area contributed by atoms with E-state index in [-0.39, 0.29) is 5.78 Å². The molecule has 0 aliphatic heterocycles. The molecule has 0 fully saturated rings. The molecule has 0 heterocycles. The molecule has 0 N–H and O–H groups in total. The van der Waals surface area contributed by atoms with Crippen molar-refractivity contribution in [3.05, 3.63) is 59.7 Å². The molecule has 318 valence electrons. The number of benzene rings is 2. The lowest BCUT2D eigenvalue weighted by molar-refractivity contribution is 0.104. The van der Waals surface area contributed by atoms with E-state index in [4.69, 9.17) is 9.47 Å². The van der Waals surface area contributed by atoms with E-state index in [0.717, 1.165) is 47.6 Å². The Labute approximate surface area is 351 Å². The molecule has 3 nitrogen and oxygen atoms in total. The Morgan fingerprint density at radius 1 is 0.464 bits per heavy atom. The molecule has 0 aliphatic rings. The first kappa shape index (κ1) is 49.9. The average Bonchev–Trinajstić information content (AvgIpc) is 3.22. The number of rotatable bonds is 40. The average molecular weight is 791 g/mol. The molecular formula is C52H86O3S. The fourth-order valence-corrected chi connectivity index (χ4v) is 8.14. The molecule has 2 rings (SSSR count). The highest BCUT2D eigenvalue weighted by molar-refractivity contribution is 7.99. The molecule has 2 aromatic carbocycles. The number of unbranched alkanes of at least 4 members (excludes halogenated alkanes) is 28. The van der Waals surface area contributed by atoms with Gasteiger partial charge < -0.3 is 9.47 Å². The van der Waals surface area contributed by atoms with Gasteiger partial charge >= 0.3 is 0 Å². The van der Waals surface area contributed by atoms with Crippen LogP contribution >= 0.6 is 11.8 Å². The second kappa shape index (κ2) is 37.1. The van der Waals surface area contributed by atoms with Crippen LogP contribution < -0.4 is 9.47 Å². The molecule has 0 aliphatic carbocycles. The Hall–Kier alpha value is -2.20. The summed E-state index contributed by atoms with van der Waals surface area (Å²) in [5, 5.41) is 0. The Bertz CT molecular complexity index is 1210. The molecule has 0 saturated carbocycles. The van der Waals surface area contributed by atoms with Crippen LogP contribution in [-0.4, -0.2) is 24.7 Å². The Balaban J connectivity index is 1.71. The number of allylic oxidation sites excluding steroid dienone is 1. The minimum absolute atomic E-state index is 0.0193. The third-order valence-electron chi connectivity index (χ3n) is 11.0. The van der Waals surface area contributed by atoms with E-state index in [0.29, 0.717) is 13.2 Å². The molecule has 0 amide bonds. The zero-order valence-electron chi connectivity index (χ0n) is 36.9. The predicted octanol–water partition coefficient (Wildman–Crippen LogP) is 17.6. The summed E-state index contributed by atoms with van der Waals surface area (Å²) in [4.78, 5) is 14.2. The van der Waals surface area contributed by atoms with E-state index >= 15 is 0 Å². The zero-order chi connectivity index (χ0) is 40.0. The van der Waals surface area contributed by atoms with Crippen LogP contribution in [0, 0.1) is 0 Å². The number of ketones is 1. The molecule has 0 radical (unpaired) electrons. The number of hydrogen-bond donors (Lipinski definition) is 0. The molecule has 56 heavy (non-hydrogen) atoms. The van der Waals surface area contributed by atoms with E-state index in [1.54, 1.807) is 6.08 Å². The zero-order valence-corrected chi connectivity index (χ0v) is 37.7. The van der Waals surface area contributed by atoms with Gasteiger partial charge in [-0.3, -0.25) is 4.79 Å². The lowest BCUT2D eigenvalue weighted by Gasteiger charge is -2.14. The molecule has 0 saturated heterocycles. The fourth-order valence-electron chi connectivity index (χ4n) is 7.37. The fraction of sp³-hybridized carbons (Fsp3) is 0.712. The van der Waals surface area contributed by atoms with E-state index in [9.17, 15) is 4.79 Å². The lowest BCUT2D eigenvalue weighted by Crippen LogP contribution is -2.03. The molecule has 0 unspecified atom stereocenters. The second-order valence-electron chi connectivity index (χ2n) is 16.4. The van der Waals surface area contributed by atoms with E-state index in [1.165, 1.54) is 185 Å². The van der Waals surface area contributed by atoms with Crippen molar-refractivity contribution in [1.82, 2.24) is 0 Å². The highest BCUT2D eigenvalue weighted by Crippen LogP contribution is 2.30. The Kier molecular flexibility index (Phi) is 33.1. The molecule has 0 spiro atoms. The van der Waals surface area contributed by atoms with Gasteiger partial charge in [-0.05, 0) is 73.1 Å². The topological polar surface area (TPSA) is 35.5 Å². The maximum Gasteiger partial charge on any atom is 0.185 e. The van der Waals surface area contributed by atoms with Gasteiger partial charge in [0.25, 0.3) is 0 Å². The predicted molar refractivity (Wildman–Crippen MR) is 248 cm³/mol. The number of carbonyl (C=O) groups is 1. The van der Waals surface area contributed by atoms with Crippen molar-refractivity contribution in [2.45, 2.75) is 225 Å². The quantitative estimate of drug-likeness (QED) is 0.0291. The number of thioether (sulfide) groups is 1. The van der Waals surface area contributed by atoms with Crippen molar-refractivity contribution in [1.29, 1.82) is 0 Å². The van der Waals surface area contributed by atoms with Gasteiger partial charge in [0, 0.05) is 10.5 Å². The first-order valence-electron chi connectivity index (χ1n) is 24.0. The van der Waals surface area contributed by atoms with Crippen LogP contribution in [0.4, 0.5) is 0 Å². The van der Waals surface area contributed by atoms with Crippen LogP contribution in [0.25, 0.3) is 6.08 Å². The van der Waals surface area contributed by atoms with E-state index in [2.05, 4.69) is 32.9 Å². The van der Waals surface area contributed by atoms with Crippen LogP contribution in [-0.2, 0) is 0 Å². The van der Waals surface area contributed by atoms with Crippen LogP contribution in [0.5, 0.6) is 11.5 Å². The summed E-state index contributed by atoms with van der Waals surface area (Å²) in [5.74, 6) is 2.73. The third-order valence-corrected chi connectivity index (χ3v) is 12.2. The molecule has 0 atom stereocenters. The summed E-state index contributed by atoms with van der Waals surface area (Å²) in [6, 6.07) is 14.1. The smallest absolute Gasteiger partial charge is 0.185 e. The van der Waals surface area contributed by atoms with E-state index in [1.807, 2.05) is 48.2 Å². The molecule has 2 aromatic rings. The Morgan fingerprint density at radius 2 is 0.857 bits per heavy atom. The van der Waals surface area contributed by atoms with Crippen LogP contribution in [0.2, 0.25) is 0 Å². The van der Waals surface area contributed by atoms with Crippen molar-refractivity contribution < 1.29 is 14.3 Å². The van der Waals surface area contributed by atoms with Gasteiger partial charge in [-0.25, -0.2) is 0 Å². The van der Waals surface area contributed by atoms with Gasteiger partial charge in [0.15, 0.2) is 17.3 Å². The van der Waals surface area contributed by atoms with Crippen LogP contribution in [0.15, 0.2) is 53.4 Å². The molecule has 0 bridgehead atoms. The van der Waals surface area contributed by atoms with Gasteiger partial charge in [0.05, 0.1) is 13.2 Å². The summed E-state index contributed by atoms with van der Waals surface area (Å²) in [7, 11) is 0. The summed E-state index contributed by atoms with van der Waals surface area (Å²) >= 11 is 1.83. The minimum atomic E-state index is 0.0193. The van der Waals surface area contributed by atoms with Crippen LogP contribution in [0.1, 0.15) is 236 Å². The molecule has 4 heteroatoms.